The molecule has 1 spiro atoms. The highest BCUT2D eigenvalue weighted by molar-refractivity contribution is 7.13. The lowest BCUT2D eigenvalue weighted by Crippen LogP contribution is -2.46. The van der Waals surface area contributed by atoms with Crippen LogP contribution in [0.1, 0.15) is 44.3 Å². The van der Waals surface area contributed by atoms with Gasteiger partial charge in [-0.15, -0.1) is 0 Å². The highest BCUT2D eigenvalue weighted by Crippen LogP contribution is 2.46. The maximum Gasteiger partial charge on any atom is 0.429 e. The predicted molar refractivity (Wildman–Crippen MR) is 158 cm³/mol. The van der Waals surface area contributed by atoms with Gasteiger partial charge in [-0.1, -0.05) is 43.3 Å². The summed E-state index contributed by atoms with van der Waals surface area (Å²) in [5, 5.41) is 13.8. The topological polar surface area (TPSA) is 126 Å². The monoisotopic (exact) mass is 612 g/mol. The fourth-order valence-electron chi connectivity index (χ4n) is 6.46. The van der Waals surface area contributed by atoms with E-state index in [1.165, 1.54) is 29.7 Å². The zero-order chi connectivity index (χ0) is 30.4. The van der Waals surface area contributed by atoms with E-state index in [0.717, 1.165) is 40.5 Å². The Labute approximate surface area is 250 Å². The molecule has 0 amide bonds. The normalized spacial score (nSPS) is 20.9. The number of aliphatic carboxylic acids is 1. The number of anilines is 2. The maximum atomic E-state index is 14.3. The number of nitrogens with one attached hydrogen (secondary N) is 1. The van der Waals surface area contributed by atoms with Crippen LogP contribution in [-0.4, -0.2) is 56.8 Å². The summed E-state index contributed by atoms with van der Waals surface area (Å²) >= 11 is 1.36. The van der Waals surface area contributed by atoms with E-state index in [0.29, 0.717) is 25.3 Å². The van der Waals surface area contributed by atoms with Gasteiger partial charge in [0.05, 0.1) is 4.70 Å². The zero-order valence-corrected chi connectivity index (χ0v) is 24.2. The summed E-state index contributed by atoms with van der Waals surface area (Å²) in [7, 11) is 0. The average molecular weight is 613 g/mol. The van der Waals surface area contributed by atoms with E-state index in [9.17, 15) is 23.1 Å². The van der Waals surface area contributed by atoms with Crippen LogP contribution in [0.5, 0.6) is 5.88 Å². The van der Waals surface area contributed by atoms with Gasteiger partial charge in [-0.2, -0.15) is 27.5 Å². The van der Waals surface area contributed by atoms with Crippen LogP contribution in [0.3, 0.4) is 0 Å². The maximum absolute atomic E-state index is 14.3. The van der Waals surface area contributed by atoms with Crippen LogP contribution in [0.25, 0.3) is 21.2 Å². The van der Waals surface area contributed by atoms with Crippen molar-refractivity contribution in [2.45, 2.75) is 57.0 Å². The molecule has 0 aliphatic carbocycles. The minimum Gasteiger partial charge on any atom is -0.480 e. The molecule has 6 rings (SSSR count). The number of alkyl halides is 3. The van der Waals surface area contributed by atoms with Crippen molar-refractivity contribution in [2.24, 2.45) is 5.41 Å². The summed E-state index contributed by atoms with van der Waals surface area (Å²) in [6.45, 7) is 3.15. The predicted octanol–water partition coefficient (Wildman–Crippen LogP) is 5.83. The van der Waals surface area contributed by atoms with Crippen molar-refractivity contribution in [3.63, 3.8) is 0 Å². The molecular weight excluding hydrogens is 581 g/mol. The first-order valence-corrected chi connectivity index (χ1v) is 14.9. The number of hydrogen-bond acceptors (Lipinski definition) is 9. The fourth-order valence-corrected chi connectivity index (χ4v) is 7.14. The molecule has 9 nitrogen and oxygen atoms in total. The number of carbonyl (C=O) groups is 1. The number of halogens is 3. The Kier molecular flexibility index (Phi) is 7.63. The number of nitrogen functional groups attached to an aromatic ring is 1. The van der Waals surface area contributed by atoms with E-state index in [1.54, 1.807) is 18.3 Å². The minimum atomic E-state index is -4.72. The molecule has 4 heterocycles. The molecule has 13 heteroatoms. The third-order valence-corrected chi connectivity index (χ3v) is 9.45. The van der Waals surface area contributed by atoms with E-state index in [1.807, 2.05) is 30.0 Å². The second kappa shape index (κ2) is 11.3. The highest BCUT2D eigenvalue weighted by Gasteiger charge is 2.50. The molecule has 2 aliphatic heterocycles. The van der Waals surface area contributed by atoms with Crippen molar-refractivity contribution < 1.29 is 27.8 Å². The van der Waals surface area contributed by atoms with Gasteiger partial charge in [0, 0.05) is 42.3 Å². The number of rotatable bonds is 7. The van der Waals surface area contributed by atoms with Crippen LogP contribution in [0.4, 0.5) is 24.9 Å². The number of fused-ring (bicyclic) bond motifs is 1. The highest BCUT2D eigenvalue weighted by atomic mass is 32.1. The SMILES string of the molecule is CCC1NC(C(=O)O)CC12CCN(c1cc(O[C@H](c3ccc(-c4ccc5cnsc5c4)cc3)C(F)(F)F)nc(N)n1)CC2. The van der Waals surface area contributed by atoms with Gasteiger partial charge in [0.1, 0.15) is 11.9 Å². The summed E-state index contributed by atoms with van der Waals surface area (Å²) in [6, 6.07) is 12.8. The Morgan fingerprint density at radius 3 is 2.56 bits per heavy atom. The van der Waals surface area contributed by atoms with Gasteiger partial charge in [0.15, 0.2) is 0 Å². The Bertz CT molecular complexity index is 1620. The van der Waals surface area contributed by atoms with Crippen molar-refractivity contribution in [3.05, 3.63) is 60.3 Å². The molecule has 2 fully saturated rings. The number of ether oxygens (including phenoxy) is 1. The van der Waals surface area contributed by atoms with Gasteiger partial charge in [0.25, 0.3) is 0 Å². The number of carboxylic acids is 1. The summed E-state index contributed by atoms with van der Waals surface area (Å²) in [5.74, 6) is -0.942. The van der Waals surface area contributed by atoms with Crippen LogP contribution in [0.2, 0.25) is 0 Å². The number of aromatic nitrogens is 3. The van der Waals surface area contributed by atoms with Crippen LogP contribution < -0.4 is 20.7 Å². The first-order chi connectivity index (χ1) is 20.5. The summed E-state index contributed by atoms with van der Waals surface area (Å²) < 4.78 is 53.5. The minimum absolute atomic E-state index is 0.0684. The third-order valence-electron chi connectivity index (χ3n) is 8.69. The Hall–Kier alpha value is -3.97. The number of benzene rings is 2. The van der Waals surface area contributed by atoms with E-state index in [2.05, 4.69) is 19.7 Å². The number of nitrogens with zero attached hydrogens (tertiary/aromatic N) is 4. The van der Waals surface area contributed by atoms with Gasteiger partial charge in [0.2, 0.25) is 17.9 Å². The smallest absolute Gasteiger partial charge is 0.429 e. The lowest BCUT2D eigenvalue weighted by molar-refractivity contribution is -0.198. The van der Waals surface area contributed by atoms with Gasteiger partial charge in [-0.05, 0) is 59.8 Å². The van der Waals surface area contributed by atoms with Crippen LogP contribution in [0.15, 0.2) is 54.7 Å². The lowest BCUT2D eigenvalue weighted by atomic mass is 9.71. The summed E-state index contributed by atoms with van der Waals surface area (Å²) in [4.78, 5) is 21.8. The fraction of sp³-hybridized carbons (Fsp3) is 0.400. The Morgan fingerprint density at radius 2 is 1.88 bits per heavy atom. The van der Waals surface area contributed by atoms with E-state index in [-0.39, 0.29) is 28.8 Å². The van der Waals surface area contributed by atoms with Crippen LogP contribution >= 0.6 is 11.5 Å². The van der Waals surface area contributed by atoms with E-state index >= 15 is 0 Å². The first-order valence-electron chi connectivity index (χ1n) is 14.1. The van der Waals surface area contributed by atoms with Gasteiger partial charge in [-0.25, -0.2) is 0 Å². The quantitative estimate of drug-likeness (QED) is 0.236. The molecule has 2 aromatic heterocycles. The van der Waals surface area contributed by atoms with Crippen molar-refractivity contribution in [2.75, 3.05) is 23.7 Å². The number of piperidine rings is 1. The molecule has 3 atom stereocenters. The van der Waals surface area contributed by atoms with E-state index < -0.39 is 24.3 Å². The third kappa shape index (κ3) is 5.83. The van der Waals surface area contributed by atoms with Crippen molar-refractivity contribution in [3.8, 4) is 17.0 Å². The molecular formula is C30H31F3N6O3S. The average Bonchev–Trinajstić information content (AvgIpc) is 3.60. The molecule has 43 heavy (non-hydrogen) atoms. The molecule has 0 bridgehead atoms. The molecule has 0 radical (unpaired) electrons. The van der Waals surface area contributed by atoms with Gasteiger partial charge >= 0.3 is 12.1 Å². The van der Waals surface area contributed by atoms with Crippen LogP contribution in [-0.2, 0) is 4.79 Å². The molecule has 2 saturated heterocycles. The number of nitrogens with two attached hydrogens (primary N) is 1. The zero-order valence-electron chi connectivity index (χ0n) is 23.3. The Balaban J connectivity index is 1.19. The first kappa shape index (κ1) is 29.1. The molecule has 2 aromatic carbocycles. The second-order valence-corrected chi connectivity index (χ2v) is 12.1. The molecule has 226 valence electrons. The van der Waals surface area contributed by atoms with Crippen molar-refractivity contribution >= 4 is 39.4 Å². The summed E-state index contributed by atoms with van der Waals surface area (Å²) in [6.07, 6.45) is -2.42. The molecule has 4 N–H and O–H groups in total. The van der Waals surface area contributed by atoms with Crippen LogP contribution in [0, 0.1) is 5.41 Å². The number of carboxylic acid groups (broad SMARTS) is 1. The lowest BCUT2D eigenvalue weighted by Gasteiger charge is -2.43. The molecule has 4 aromatic rings. The standard InChI is InChI=1S/C30H31F3N6O3S/c1-2-23-29(15-21(36-23)27(40)41)9-11-39(12-10-29)24-14-25(38-28(34)37-24)42-26(30(31,32)33)18-5-3-17(4-6-18)19-7-8-20-16-35-43-22(20)13-19/h3-8,13-14,16,21,23,26,36H,2,9-12,15H2,1H3,(H,40,41)(H2,34,37,38)/t21?,23?,26-/m1/s1. The molecule has 2 unspecified atom stereocenters. The number of hydrogen-bond donors (Lipinski definition) is 3. The van der Waals surface area contributed by atoms with Crippen molar-refractivity contribution in [1.82, 2.24) is 19.7 Å². The van der Waals surface area contributed by atoms with Gasteiger partial charge in [-0.3, -0.25) is 4.79 Å². The Morgan fingerprint density at radius 1 is 1.16 bits per heavy atom. The molecule has 0 saturated carbocycles. The van der Waals surface area contributed by atoms with Gasteiger partial charge < -0.3 is 25.8 Å². The largest absolute Gasteiger partial charge is 0.480 e. The molecule has 2 aliphatic rings. The second-order valence-electron chi connectivity index (χ2n) is 11.2. The van der Waals surface area contributed by atoms with E-state index in [4.69, 9.17) is 10.5 Å². The van der Waals surface area contributed by atoms with Crippen molar-refractivity contribution in [1.29, 1.82) is 0 Å². The summed E-state index contributed by atoms with van der Waals surface area (Å²) in [5.41, 5.74) is 7.35.